The number of hydrogen-bond donors (Lipinski definition) is 3. The quantitative estimate of drug-likeness (QED) is 0.0222. The van der Waals surface area contributed by atoms with Crippen molar-refractivity contribution in [2.24, 2.45) is 11.8 Å². The molecule has 97 heavy (non-hydrogen) atoms. The van der Waals surface area contributed by atoms with Gasteiger partial charge in [0, 0.05) is 25.7 Å². The first kappa shape index (κ1) is 95.1. The zero-order valence-corrected chi connectivity index (χ0v) is 65.2. The van der Waals surface area contributed by atoms with Crippen molar-refractivity contribution in [3.8, 4) is 0 Å². The van der Waals surface area contributed by atoms with Crippen LogP contribution in [0.25, 0.3) is 0 Å². The Morgan fingerprint density at radius 2 is 0.526 bits per heavy atom. The van der Waals surface area contributed by atoms with Crippen molar-refractivity contribution >= 4 is 39.5 Å². The van der Waals surface area contributed by atoms with Crippen LogP contribution in [0.4, 0.5) is 0 Å². The average molecular weight is 1420 g/mol. The van der Waals surface area contributed by atoms with E-state index in [9.17, 15) is 43.2 Å². The molecule has 3 N–H and O–H groups in total. The van der Waals surface area contributed by atoms with Crippen LogP contribution in [-0.4, -0.2) is 96.7 Å². The van der Waals surface area contributed by atoms with Gasteiger partial charge in [0.1, 0.15) is 19.3 Å². The van der Waals surface area contributed by atoms with Crippen molar-refractivity contribution in [1.29, 1.82) is 0 Å². The van der Waals surface area contributed by atoms with E-state index in [4.69, 9.17) is 37.0 Å². The third kappa shape index (κ3) is 70.9. The SMILES string of the molecule is CCCCCCCCCCCCCCCCCCCCCC(=O)O[C@H](COC(=O)CCCCCCCCCCCCCCC(C)C)COP(=O)(O)OC[C@@H](O)COP(=O)(O)OC[C@@H](COC(=O)CCCCCCCCCCCCC)OC(=O)CCCCCCCCCCC(C)CC. The summed E-state index contributed by atoms with van der Waals surface area (Å²) >= 11 is 0. The van der Waals surface area contributed by atoms with Crippen LogP contribution in [0.3, 0.4) is 0 Å². The second-order valence-corrected chi connectivity index (χ2v) is 31.7. The molecular formula is C78H152O17P2. The van der Waals surface area contributed by atoms with E-state index in [-0.39, 0.29) is 25.7 Å². The van der Waals surface area contributed by atoms with Crippen LogP contribution in [0.1, 0.15) is 408 Å². The van der Waals surface area contributed by atoms with Gasteiger partial charge in [0.05, 0.1) is 26.4 Å². The maximum atomic E-state index is 13.1. The standard InChI is InChI=1S/C78H152O17P2/c1-7-10-12-14-16-18-20-21-22-23-24-25-26-27-33-37-44-50-56-62-77(82)94-73(66-89-76(81)61-55-49-43-36-32-29-28-31-34-40-46-52-58-70(4)5)68-92-96(84,85)90-64-72(79)65-91-97(86,87)93-69-74(67-88-75(80)60-54-48-42-35-30-19-17-15-13-11-8-2)95-78(83)63-57-51-45-39-38-41-47-53-59-71(6)9-3/h70-74,79H,7-69H2,1-6H3,(H,84,85)(H,86,87)/t71?,72-,73-,74-/m1/s1. The van der Waals surface area contributed by atoms with Gasteiger partial charge in [-0.1, -0.05) is 356 Å². The topological polar surface area (TPSA) is 237 Å². The van der Waals surface area contributed by atoms with Crippen molar-refractivity contribution in [3.05, 3.63) is 0 Å². The lowest BCUT2D eigenvalue weighted by atomic mass is 9.99. The summed E-state index contributed by atoms with van der Waals surface area (Å²) in [6, 6.07) is 0. The highest BCUT2D eigenvalue weighted by Crippen LogP contribution is 2.45. The van der Waals surface area contributed by atoms with E-state index >= 15 is 0 Å². The first-order valence-electron chi connectivity index (χ1n) is 40.5. The van der Waals surface area contributed by atoms with E-state index < -0.39 is 97.5 Å². The van der Waals surface area contributed by atoms with Crippen LogP contribution in [0.15, 0.2) is 0 Å². The molecule has 0 aliphatic carbocycles. The third-order valence-corrected chi connectivity index (χ3v) is 20.5. The number of aliphatic hydroxyl groups is 1. The summed E-state index contributed by atoms with van der Waals surface area (Å²) < 4.78 is 68.6. The summed E-state index contributed by atoms with van der Waals surface area (Å²) in [4.78, 5) is 72.9. The lowest BCUT2D eigenvalue weighted by Crippen LogP contribution is -2.30. The summed E-state index contributed by atoms with van der Waals surface area (Å²) in [7, 11) is -9.91. The maximum Gasteiger partial charge on any atom is 0.472 e. The molecule has 0 aromatic carbocycles. The Kier molecular flexibility index (Phi) is 68.4. The monoisotopic (exact) mass is 1420 g/mol. The molecular weight excluding hydrogens is 1270 g/mol. The number of rotatable bonds is 77. The molecule has 0 amide bonds. The lowest BCUT2D eigenvalue weighted by molar-refractivity contribution is -0.161. The molecule has 0 saturated heterocycles. The van der Waals surface area contributed by atoms with Crippen molar-refractivity contribution in [3.63, 3.8) is 0 Å². The van der Waals surface area contributed by atoms with Crippen LogP contribution in [0.2, 0.25) is 0 Å². The van der Waals surface area contributed by atoms with Gasteiger partial charge in [-0.3, -0.25) is 37.3 Å². The Morgan fingerprint density at radius 3 is 0.784 bits per heavy atom. The molecule has 0 heterocycles. The smallest absolute Gasteiger partial charge is 0.462 e. The summed E-state index contributed by atoms with van der Waals surface area (Å²) in [6.45, 7) is 9.62. The normalized spacial score (nSPS) is 14.2. The molecule has 576 valence electrons. The van der Waals surface area contributed by atoms with Gasteiger partial charge in [-0.15, -0.1) is 0 Å². The molecule has 0 aliphatic rings. The predicted molar refractivity (Wildman–Crippen MR) is 395 cm³/mol. The van der Waals surface area contributed by atoms with Crippen molar-refractivity contribution in [2.45, 2.75) is 426 Å². The number of phosphoric ester groups is 2. The second kappa shape index (κ2) is 69.8. The minimum atomic E-state index is -4.96. The molecule has 0 rings (SSSR count). The summed E-state index contributed by atoms with van der Waals surface area (Å²) in [5.41, 5.74) is 0. The lowest BCUT2D eigenvalue weighted by Gasteiger charge is -2.21. The third-order valence-electron chi connectivity index (χ3n) is 18.6. The van der Waals surface area contributed by atoms with Crippen molar-refractivity contribution < 1.29 is 80.2 Å². The number of unbranched alkanes of at least 4 members (excludes halogenated alkanes) is 46. The fourth-order valence-corrected chi connectivity index (χ4v) is 13.6. The van der Waals surface area contributed by atoms with Crippen LogP contribution in [0.5, 0.6) is 0 Å². The maximum absolute atomic E-state index is 13.1. The van der Waals surface area contributed by atoms with Gasteiger partial charge in [-0.2, -0.15) is 0 Å². The van der Waals surface area contributed by atoms with Gasteiger partial charge in [0.25, 0.3) is 0 Å². The molecule has 6 atom stereocenters. The molecule has 0 aliphatic heterocycles. The van der Waals surface area contributed by atoms with Crippen molar-refractivity contribution in [1.82, 2.24) is 0 Å². The summed E-state index contributed by atoms with van der Waals surface area (Å²) in [6.07, 6.45) is 58.2. The van der Waals surface area contributed by atoms with Gasteiger partial charge in [0.2, 0.25) is 0 Å². The Bertz CT molecular complexity index is 1870. The number of phosphoric acid groups is 2. The number of esters is 4. The Hall–Kier alpha value is -1.94. The van der Waals surface area contributed by atoms with E-state index in [0.717, 1.165) is 102 Å². The van der Waals surface area contributed by atoms with Crippen molar-refractivity contribution in [2.75, 3.05) is 39.6 Å². The van der Waals surface area contributed by atoms with Gasteiger partial charge in [-0.25, -0.2) is 9.13 Å². The molecule has 0 radical (unpaired) electrons. The highest BCUT2D eigenvalue weighted by molar-refractivity contribution is 7.47. The highest BCUT2D eigenvalue weighted by Gasteiger charge is 2.30. The molecule has 0 aromatic rings. The molecule has 0 aromatic heterocycles. The first-order chi connectivity index (χ1) is 46.9. The highest BCUT2D eigenvalue weighted by atomic mass is 31.2. The number of hydrogen-bond acceptors (Lipinski definition) is 15. The Balaban J connectivity index is 5.24. The number of ether oxygens (including phenoxy) is 4. The average Bonchev–Trinajstić information content (AvgIpc) is 1.23. The van der Waals surface area contributed by atoms with E-state index in [1.165, 1.54) is 225 Å². The first-order valence-corrected chi connectivity index (χ1v) is 43.5. The van der Waals surface area contributed by atoms with Crippen LogP contribution >= 0.6 is 15.6 Å². The Labute approximate surface area is 594 Å². The molecule has 3 unspecified atom stereocenters. The number of carbonyl (C=O) groups is 4. The molecule has 0 saturated carbocycles. The van der Waals surface area contributed by atoms with E-state index in [0.29, 0.717) is 25.7 Å². The second-order valence-electron chi connectivity index (χ2n) is 28.8. The van der Waals surface area contributed by atoms with Gasteiger partial charge in [-0.05, 0) is 37.5 Å². The van der Waals surface area contributed by atoms with Crippen LogP contribution in [-0.2, 0) is 65.4 Å². The summed E-state index contributed by atoms with van der Waals surface area (Å²) in [5.74, 6) is -0.562. The number of aliphatic hydroxyl groups excluding tert-OH is 1. The molecule has 0 spiro atoms. The Morgan fingerprint density at radius 1 is 0.299 bits per heavy atom. The minimum Gasteiger partial charge on any atom is -0.462 e. The fourth-order valence-electron chi connectivity index (χ4n) is 12.0. The van der Waals surface area contributed by atoms with E-state index in [1.54, 1.807) is 0 Å². The molecule has 19 heteroatoms. The predicted octanol–water partition coefficient (Wildman–Crippen LogP) is 23.1. The number of carbonyl (C=O) groups excluding carboxylic acids is 4. The van der Waals surface area contributed by atoms with Gasteiger partial charge >= 0.3 is 39.5 Å². The van der Waals surface area contributed by atoms with E-state index in [2.05, 4.69) is 41.5 Å². The van der Waals surface area contributed by atoms with E-state index in [1.807, 2.05) is 0 Å². The van der Waals surface area contributed by atoms with Gasteiger partial charge < -0.3 is 33.8 Å². The molecule has 0 bridgehead atoms. The van der Waals surface area contributed by atoms with Gasteiger partial charge in [0.15, 0.2) is 12.2 Å². The molecule has 17 nitrogen and oxygen atoms in total. The summed E-state index contributed by atoms with van der Waals surface area (Å²) in [5, 5.41) is 10.6. The zero-order valence-electron chi connectivity index (χ0n) is 63.4. The van der Waals surface area contributed by atoms with Crippen LogP contribution in [0, 0.1) is 11.8 Å². The largest absolute Gasteiger partial charge is 0.472 e. The fraction of sp³-hybridized carbons (Fsp3) is 0.949. The zero-order chi connectivity index (χ0) is 71.4. The van der Waals surface area contributed by atoms with Crippen LogP contribution < -0.4 is 0 Å². The molecule has 0 fully saturated rings. The minimum absolute atomic E-state index is 0.105.